The Kier molecular flexibility index (Phi) is 8.28. The molecule has 0 aliphatic heterocycles. The molecule has 1 aliphatic carbocycles. The number of hydrogen-bond acceptors (Lipinski definition) is 4. The molecule has 3 N–H and O–H groups in total. The first kappa shape index (κ1) is 21.8. The van der Waals surface area contributed by atoms with Gasteiger partial charge in [0.2, 0.25) is 0 Å². The van der Waals surface area contributed by atoms with Crippen molar-refractivity contribution in [1.29, 1.82) is 0 Å². The van der Waals surface area contributed by atoms with E-state index < -0.39 is 0 Å². The van der Waals surface area contributed by atoms with Crippen molar-refractivity contribution in [2.45, 2.75) is 32.2 Å². The van der Waals surface area contributed by atoms with E-state index in [1.165, 1.54) is 23.5 Å². The van der Waals surface area contributed by atoms with Crippen LogP contribution in [0.5, 0.6) is 0 Å². The molecule has 2 aromatic rings. The van der Waals surface area contributed by atoms with Crippen molar-refractivity contribution in [3.63, 3.8) is 0 Å². The lowest BCUT2D eigenvalue weighted by atomic mass is 10.0. The molecule has 1 amide bonds. The highest BCUT2D eigenvalue weighted by atomic mass is 35.5. The standard InChI is InChI=1S/C17H20FN3OS.2ClH/c1-10-15(16(22)21-14-4-2-3-12(14)9-19)23-17(20-10)11-5-7-13(18)8-6-11;;/h5-8,12,14H,2-4,9,19H2,1H3,(H,21,22);2*1H. The first-order chi connectivity index (χ1) is 11.1. The first-order valence-electron chi connectivity index (χ1n) is 7.82. The van der Waals surface area contributed by atoms with Gasteiger partial charge in [0, 0.05) is 11.6 Å². The molecule has 138 valence electrons. The minimum atomic E-state index is -0.283. The number of rotatable bonds is 4. The first-order valence-corrected chi connectivity index (χ1v) is 8.64. The predicted molar refractivity (Wildman–Crippen MR) is 104 cm³/mol. The number of benzene rings is 1. The normalized spacial score (nSPS) is 19.0. The summed E-state index contributed by atoms with van der Waals surface area (Å²) in [6, 6.07) is 6.31. The van der Waals surface area contributed by atoms with E-state index in [1.54, 1.807) is 12.1 Å². The highest BCUT2D eigenvalue weighted by molar-refractivity contribution is 7.17. The lowest BCUT2D eigenvalue weighted by molar-refractivity contribution is 0.0932. The van der Waals surface area contributed by atoms with E-state index in [1.807, 2.05) is 6.92 Å². The molecule has 2 atom stereocenters. The van der Waals surface area contributed by atoms with Crippen LogP contribution in [0, 0.1) is 18.7 Å². The van der Waals surface area contributed by atoms with Crippen LogP contribution in [0.25, 0.3) is 10.6 Å². The third kappa shape index (κ3) is 4.91. The van der Waals surface area contributed by atoms with Crippen LogP contribution < -0.4 is 11.1 Å². The summed E-state index contributed by atoms with van der Waals surface area (Å²) >= 11 is 1.34. The highest BCUT2D eigenvalue weighted by Gasteiger charge is 2.28. The van der Waals surface area contributed by atoms with Crippen molar-refractivity contribution >= 4 is 42.1 Å². The topological polar surface area (TPSA) is 68.0 Å². The van der Waals surface area contributed by atoms with Gasteiger partial charge < -0.3 is 11.1 Å². The molecule has 2 unspecified atom stereocenters. The fourth-order valence-corrected chi connectivity index (χ4v) is 4.04. The van der Waals surface area contributed by atoms with Gasteiger partial charge in [0.25, 0.3) is 5.91 Å². The number of hydrogen-bond donors (Lipinski definition) is 2. The summed E-state index contributed by atoms with van der Waals surface area (Å²) < 4.78 is 13.0. The molecule has 1 saturated carbocycles. The number of amides is 1. The molecular formula is C17H22Cl2FN3OS. The smallest absolute Gasteiger partial charge is 0.263 e. The molecule has 4 nitrogen and oxygen atoms in total. The van der Waals surface area contributed by atoms with Crippen molar-refractivity contribution in [2.75, 3.05) is 6.54 Å². The van der Waals surface area contributed by atoms with Crippen molar-refractivity contribution in [3.05, 3.63) is 40.7 Å². The Morgan fingerprint density at radius 3 is 2.64 bits per heavy atom. The molecule has 1 aliphatic rings. The quantitative estimate of drug-likeness (QED) is 0.808. The van der Waals surface area contributed by atoms with E-state index >= 15 is 0 Å². The Hall–Kier alpha value is -1.21. The third-order valence-electron chi connectivity index (χ3n) is 4.37. The number of aromatic nitrogens is 1. The van der Waals surface area contributed by atoms with E-state index in [0.717, 1.165) is 29.8 Å². The second-order valence-corrected chi connectivity index (χ2v) is 6.95. The fraction of sp³-hybridized carbons (Fsp3) is 0.412. The van der Waals surface area contributed by atoms with Gasteiger partial charge in [0.15, 0.2) is 0 Å². The van der Waals surface area contributed by atoms with Gasteiger partial charge in [-0.1, -0.05) is 6.42 Å². The zero-order valence-electron chi connectivity index (χ0n) is 13.8. The lowest BCUT2D eigenvalue weighted by Crippen LogP contribution is -2.39. The minimum absolute atomic E-state index is 0. The number of aryl methyl sites for hydroxylation is 1. The van der Waals surface area contributed by atoms with Crippen LogP contribution in [0.3, 0.4) is 0 Å². The van der Waals surface area contributed by atoms with Crippen molar-refractivity contribution < 1.29 is 9.18 Å². The van der Waals surface area contributed by atoms with Gasteiger partial charge in [-0.05, 0) is 56.5 Å². The van der Waals surface area contributed by atoms with Crippen molar-refractivity contribution in [2.24, 2.45) is 11.7 Å². The Balaban J connectivity index is 0.00000156. The molecule has 25 heavy (non-hydrogen) atoms. The van der Waals surface area contributed by atoms with Crippen molar-refractivity contribution in [1.82, 2.24) is 10.3 Å². The summed E-state index contributed by atoms with van der Waals surface area (Å²) in [5.74, 6) is -0.00323. The van der Waals surface area contributed by atoms with Gasteiger partial charge in [-0.15, -0.1) is 36.2 Å². The van der Waals surface area contributed by atoms with Crippen LogP contribution in [0.4, 0.5) is 4.39 Å². The number of halogens is 3. The molecule has 0 saturated heterocycles. The van der Waals surface area contributed by atoms with Crippen LogP contribution in [-0.2, 0) is 0 Å². The lowest BCUT2D eigenvalue weighted by Gasteiger charge is -2.19. The summed E-state index contributed by atoms with van der Waals surface area (Å²) in [5.41, 5.74) is 7.29. The van der Waals surface area contributed by atoms with Gasteiger partial charge in [-0.2, -0.15) is 0 Å². The Labute approximate surface area is 163 Å². The van der Waals surface area contributed by atoms with E-state index in [-0.39, 0.29) is 42.6 Å². The number of nitrogens with zero attached hydrogens (tertiary/aromatic N) is 1. The van der Waals surface area contributed by atoms with Crippen LogP contribution in [-0.4, -0.2) is 23.5 Å². The average molecular weight is 406 g/mol. The third-order valence-corrected chi connectivity index (χ3v) is 5.58. The van der Waals surface area contributed by atoms with Crippen LogP contribution >= 0.6 is 36.2 Å². The fourth-order valence-electron chi connectivity index (χ4n) is 3.07. The molecule has 8 heteroatoms. The maximum atomic E-state index is 13.0. The summed E-state index contributed by atoms with van der Waals surface area (Å²) in [6.45, 7) is 2.43. The SMILES string of the molecule is Cc1nc(-c2ccc(F)cc2)sc1C(=O)NC1CCCC1CN.Cl.Cl. The molecule has 3 rings (SSSR count). The van der Waals surface area contributed by atoms with E-state index in [0.29, 0.717) is 23.0 Å². The minimum Gasteiger partial charge on any atom is -0.348 e. The van der Waals surface area contributed by atoms with Gasteiger partial charge in [-0.25, -0.2) is 9.37 Å². The number of carbonyl (C=O) groups is 1. The maximum absolute atomic E-state index is 13.0. The van der Waals surface area contributed by atoms with Gasteiger partial charge in [0.1, 0.15) is 15.7 Å². The Morgan fingerprint density at radius 2 is 2.00 bits per heavy atom. The van der Waals surface area contributed by atoms with Crippen molar-refractivity contribution in [3.8, 4) is 10.6 Å². The largest absolute Gasteiger partial charge is 0.348 e. The van der Waals surface area contributed by atoms with Crippen LogP contribution in [0.2, 0.25) is 0 Å². The molecule has 0 radical (unpaired) electrons. The number of nitrogens with two attached hydrogens (primary N) is 1. The molecule has 0 spiro atoms. The predicted octanol–water partition coefficient (Wildman–Crippen LogP) is 3.96. The summed E-state index contributed by atoms with van der Waals surface area (Å²) in [5, 5.41) is 3.83. The molecule has 1 heterocycles. The van der Waals surface area contributed by atoms with Crippen LogP contribution in [0.15, 0.2) is 24.3 Å². The summed E-state index contributed by atoms with van der Waals surface area (Å²) in [6.07, 6.45) is 3.16. The molecule has 1 fully saturated rings. The number of nitrogens with one attached hydrogen (secondary N) is 1. The maximum Gasteiger partial charge on any atom is 0.263 e. The zero-order chi connectivity index (χ0) is 16.4. The van der Waals surface area contributed by atoms with E-state index in [4.69, 9.17) is 5.73 Å². The zero-order valence-corrected chi connectivity index (χ0v) is 16.3. The van der Waals surface area contributed by atoms with Gasteiger partial charge in [-0.3, -0.25) is 4.79 Å². The van der Waals surface area contributed by atoms with E-state index in [2.05, 4.69) is 10.3 Å². The van der Waals surface area contributed by atoms with Gasteiger partial charge >= 0.3 is 0 Å². The molecular weight excluding hydrogens is 384 g/mol. The number of thiazole rings is 1. The van der Waals surface area contributed by atoms with Crippen LogP contribution in [0.1, 0.15) is 34.6 Å². The van der Waals surface area contributed by atoms with Gasteiger partial charge in [0.05, 0.1) is 5.69 Å². The summed E-state index contributed by atoms with van der Waals surface area (Å²) in [7, 11) is 0. The average Bonchev–Trinajstić information content (AvgIpc) is 3.14. The summed E-state index contributed by atoms with van der Waals surface area (Å²) in [4.78, 5) is 17.6. The second kappa shape index (κ2) is 9.48. The monoisotopic (exact) mass is 405 g/mol. The Bertz CT molecular complexity index is 708. The highest BCUT2D eigenvalue weighted by Crippen LogP contribution is 2.29. The molecule has 1 aromatic carbocycles. The van der Waals surface area contributed by atoms with E-state index in [9.17, 15) is 9.18 Å². The Morgan fingerprint density at radius 1 is 1.32 bits per heavy atom. The molecule has 1 aromatic heterocycles. The second-order valence-electron chi connectivity index (χ2n) is 5.95. The molecule has 0 bridgehead atoms. The number of carbonyl (C=O) groups excluding carboxylic acids is 1.